The van der Waals surface area contributed by atoms with Crippen LogP contribution in [0.25, 0.3) is 20.8 Å². The fraction of sp³-hybridized carbons (Fsp3) is 0.211. The number of anilines is 1. The Morgan fingerprint density at radius 2 is 1.88 bits per heavy atom. The predicted molar refractivity (Wildman–Crippen MR) is 102 cm³/mol. The van der Waals surface area contributed by atoms with Gasteiger partial charge in [0.25, 0.3) is 0 Å². The highest BCUT2D eigenvalue weighted by atomic mass is 32.1. The summed E-state index contributed by atoms with van der Waals surface area (Å²) in [6.45, 7) is 1.44. The first-order valence-electron chi connectivity index (χ1n) is 8.05. The summed E-state index contributed by atoms with van der Waals surface area (Å²) in [5.41, 5.74) is 8.22. The summed E-state index contributed by atoms with van der Waals surface area (Å²) in [6, 6.07) is 14.9. The molecule has 1 amide bonds. The van der Waals surface area contributed by atoms with Crippen LogP contribution in [0.1, 0.15) is 19.8 Å². The van der Waals surface area contributed by atoms with Crippen molar-refractivity contribution in [2.45, 2.75) is 25.8 Å². The zero-order chi connectivity index (χ0) is 17.8. The van der Waals surface area contributed by atoms with Crippen molar-refractivity contribution in [2.24, 2.45) is 5.73 Å². The van der Waals surface area contributed by atoms with E-state index in [1.807, 2.05) is 48.5 Å². The van der Waals surface area contributed by atoms with Crippen LogP contribution < -0.4 is 11.1 Å². The van der Waals surface area contributed by atoms with Crippen molar-refractivity contribution < 1.29 is 9.59 Å². The van der Waals surface area contributed by atoms with Crippen LogP contribution in [0.4, 0.5) is 5.69 Å². The van der Waals surface area contributed by atoms with Gasteiger partial charge in [0.15, 0.2) is 0 Å². The second-order valence-corrected chi connectivity index (χ2v) is 6.87. The van der Waals surface area contributed by atoms with E-state index in [0.717, 1.165) is 20.8 Å². The molecule has 1 atom stereocenters. The van der Waals surface area contributed by atoms with E-state index in [1.165, 1.54) is 6.92 Å². The third kappa shape index (κ3) is 4.10. The molecular weight excluding hydrogens is 334 g/mol. The number of Topliss-reactive ketones (excluding diaryl/α,β-unsaturated/α-hetero) is 1. The second-order valence-electron chi connectivity index (χ2n) is 5.84. The summed E-state index contributed by atoms with van der Waals surface area (Å²) in [4.78, 5) is 28.0. The Kier molecular flexibility index (Phi) is 5.21. The molecule has 1 aromatic heterocycles. The summed E-state index contributed by atoms with van der Waals surface area (Å²) in [7, 11) is 0. The number of rotatable bonds is 6. The van der Waals surface area contributed by atoms with Gasteiger partial charge in [-0.3, -0.25) is 9.59 Å². The SMILES string of the molecule is CC(=O)[C@@H](N)CCC(=O)Nc1ccccc1-c1nc2ccccc2s1. The van der Waals surface area contributed by atoms with Gasteiger partial charge in [0, 0.05) is 12.0 Å². The number of carbonyl (C=O) groups is 2. The molecule has 0 bridgehead atoms. The summed E-state index contributed by atoms with van der Waals surface area (Å²) < 4.78 is 1.10. The monoisotopic (exact) mass is 353 g/mol. The van der Waals surface area contributed by atoms with Crippen molar-refractivity contribution in [3.63, 3.8) is 0 Å². The molecule has 5 nitrogen and oxygen atoms in total. The molecule has 0 aliphatic heterocycles. The van der Waals surface area contributed by atoms with Gasteiger partial charge in [0.05, 0.1) is 21.9 Å². The molecule has 128 valence electrons. The van der Waals surface area contributed by atoms with Crippen LogP contribution in [0.3, 0.4) is 0 Å². The van der Waals surface area contributed by atoms with Crippen molar-refractivity contribution >= 4 is 38.9 Å². The molecule has 1 heterocycles. The maximum atomic E-state index is 12.2. The first-order chi connectivity index (χ1) is 12.0. The first kappa shape index (κ1) is 17.3. The number of carbonyl (C=O) groups excluding carboxylic acids is 2. The van der Waals surface area contributed by atoms with Crippen LogP contribution >= 0.6 is 11.3 Å². The minimum atomic E-state index is -0.592. The standard InChI is InChI=1S/C19H19N3O2S/c1-12(23)14(20)10-11-18(24)21-15-7-3-2-6-13(15)19-22-16-8-4-5-9-17(16)25-19/h2-9,14H,10-11,20H2,1H3,(H,21,24)/t14-/m0/s1. The Hall–Kier alpha value is -2.57. The minimum absolute atomic E-state index is 0.109. The Labute approximate surface area is 149 Å². The van der Waals surface area contributed by atoms with Crippen molar-refractivity contribution in [1.29, 1.82) is 0 Å². The third-order valence-corrected chi connectivity index (χ3v) is 5.00. The van der Waals surface area contributed by atoms with E-state index in [2.05, 4.69) is 10.3 Å². The molecular formula is C19H19N3O2S. The number of nitrogens with two attached hydrogens (primary N) is 1. The van der Waals surface area contributed by atoms with Gasteiger partial charge in [0.2, 0.25) is 5.91 Å². The minimum Gasteiger partial charge on any atom is -0.325 e. The Morgan fingerprint density at radius 3 is 2.64 bits per heavy atom. The number of hydrogen-bond donors (Lipinski definition) is 2. The summed E-state index contributed by atoms with van der Waals surface area (Å²) in [5, 5.41) is 3.77. The van der Waals surface area contributed by atoms with Crippen molar-refractivity contribution in [3.05, 3.63) is 48.5 Å². The molecule has 3 aromatic rings. The van der Waals surface area contributed by atoms with E-state index in [9.17, 15) is 9.59 Å². The topological polar surface area (TPSA) is 85.1 Å². The molecule has 2 aromatic carbocycles. The van der Waals surface area contributed by atoms with Gasteiger partial charge in [-0.05, 0) is 37.6 Å². The second kappa shape index (κ2) is 7.55. The van der Waals surface area contributed by atoms with E-state index in [1.54, 1.807) is 11.3 Å². The van der Waals surface area contributed by atoms with Gasteiger partial charge < -0.3 is 11.1 Å². The summed E-state index contributed by atoms with van der Waals surface area (Å²) in [5.74, 6) is -0.270. The van der Waals surface area contributed by atoms with Gasteiger partial charge in [-0.2, -0.15) is 0 Å². The lowest BCUT2D eigenvalue weighted by Crippen LogP contribution is -2.29. The van der Waals surface area contributed by atoms with E-state index in [4.69, 9.17) is 5.73 Å². The lowest BCUT2D eigenvalue weighted by Gasteiger charge is -2.11. The molecule has 25 heavy (non-hydrogen) atoms. The summed E-state index contributed by atoms with van der Waals surface area (Å²) >= 11 is 1.59. The third-order valence-electron chi connectivity index (χ3n) is 3.93. The Morgan fingerprint density at radius 1 is 1.16 bits per heavy atom. The predicted octanol–water partition coefficient (Wildman–Crippen LogP) is 3.60. The lowest BCUT2D eigenvalue weighted by atomic mass is 10.1. The largest absolute Gasteiger partial charge is 0.325 e. The van der Waals surface area contributed by atoms with Crippen LogP contribution in [-0.2, 0) is 9.59 Å². The lowest BCUT2D eigenvalue weighted by molar-refractivity contribution is -0.119. The molecule has 0 spiro atoms. The van der Waals surface area contributed by atoms with Crippen LogP contribution in [0.15, 0.2) is 48.5 Å². The number of ketones is 1. The number of benzene rings is 2. The van der Waals surface area contributed by atoms with Crippen LogP contribution in [-0.4, -0.2) is 22.7 Å². The quantitative estimate of drug-likeness (QED) is 0.709. The average molecular weight is 353 g/mol. The number of nitrogens with one attached hydrogen (secondary N) is 1. The molecule has 0 unspecified atom stereocenters. The van der Waals surface area contributed by atoms with Gasteiger partial charge in [-0.1, -0.05) is 24.3 Å². The zero-order valence-corrected chi connectivity index (χ0v) is 14.7. The molecule has 0 fully saturated rings. The maximum Gasteiger partial charge on any atom is 0.224 e. The summed E-state index contributed by atoms with van der Waals surface area (Å²) in [6.07, 6.45) is 0.541. The molecule has 3 rings (SSSR count). The number of para-hydroxylation sites is 2. The molecule has 0 radical (unpaired) electrons. The van der Waals surface area contributed by atoms with Crippen LogP contribution in [0.2, 0.25) is 0 Å². The number of aromatic nitrogens is 1. The smallest absolute Gasteiger partial charge is 0.224 e. The van der Waals surface area contributed by atoms with E-state index in [0.29, 0.717) is 12.1 Å². The zero-order valence-electron chi connectivity index (χ0n) is 13.9. The number of hydrogen-bond acceptors (Lipinski definition) is 5. The van der Waals surface area contributed by atoms with E-state index in [-0.39, 0.29) is 18.1 Å². The molecule has 6 heteroatoms. The average Bonchev–Trinajstić information content (AvgIpc) is 3.04. The highest BCUT2D eigenvalue weighted by molar-refractivity contribution is 7.21. The van der Waals surface area contributed by atoms with Crippen molar-refractivity contribution in [3.8, 4) is 10.6 Å². The fourth-order valence-corrected chi connectivity index (χ4v) is 3.47. The van der Waals surface area contributed by atoms with Gasteiger partial charge in [-0.25, -0.2) is 4.98 Å². The molecule has 0 saturated carbocycles. The molecule has 0 aliphatic rings. The van der Waals surface area contributed by atoms with Crippen LogP contribution in [0.5, 0.6) is 0 Å². The van der Waals surface area contributed by atoms with Gasteiger partial charge in [-0.15, -0.1) is 11.3 Å². The number of fused-ring (bicyclic) bond motifs is 1. The first-order valence-corrected chi connectivity index (χ1v) is 8.87. The molecule has 0 saturated heterocycles. The number of amides is 1. The fourth-order valence-electron chi connectivity index (χ4n) is 2.47. The molecule has 0 aliphatic carbocycles. The van der Waals surface area contributed by atoms with Crippen molar-refractivity contribution in [1.82, 2.24) is 4.98 Å². The highest BCUT2D eigenvalue weighted by Crippen LogP contribution is 2.34. The normalized spacial score (nSPS) is 12.1. The maximum absolute atomic E-state index is 12.2. The number of nitrogens with zero attached hydrogens (tertiary/aromatic N) is 1. The van der Waals surface area contributed by atoms with E-state index >= 15 is 0 Å². The van der Waals surface area contributed by atoms with Crippen molar-refractivity contribution in [2.75, 3.05) is 5.32 Å². The van der Waals surface area contributed by atoms with Gasteiger partial charge in [0.1, 0.15) is 10.8 Å². The highest BCUT2D eigenvalue weighted by Gasteiger charge is 2.14. The Bertz CT molecular complexity index is 887. The Balaban J connectivity index is 1.79. The van der Waals surface area contributed by atoms with E-state index < -0.39 is 6.04 Å². The number of thiazole rings is 1. The van der Waals surface area contributed by atoms with Gasteiger partial charge >= 0.3 is 0 Å². The van der Waals surface area contributed by atoms with Crippen LogP contribution in [0, 0.1) is 0 Å². The molecule has 3 N–H and O–H groups in total.